The fraction of sp³-hybridized carbons (Fsp3) is 0.525. The molecule has 17 heteroatoms. The lowest BCUT2D eigenvalue weighted by Gasteiger charge is -2.45. The lowest BCUT2D eigenvalue weighted by atomic mass is 9.70. The van der Waals surface area contributed by atoms with Crippen LogP contribution in [0.25, 0.3) is 0 Å². The van der Waals surface area contributed by atoms with E-state index < -0.39 is 141 Å². The van der Waals surface area contributed by atoms with Crippen LogP contribution in [0.2, 0.25) is 0 Å². The molecule has 4 aliphatic rings. The van der Waals surface area contributed by atoms with Crippen LogP contribution >= 0.6 is 0 Å². The zero-order valence-electron chi connectivity index (χ0n) is 32.2. The molecule has 57 heavy (non-hydrogen) atoms. The van der Waals surface area contributed by atoms with E-state index in [4.69, 9.17) is 23.7 Å². The number of phenolic OH excluding ortho intramolecular Hbond substituents is 2. The number of hydrogen-bond acceptors (Lipinski definition) is 17. The van der Waals surface area contributed by atoms with E-state index in [9.17, 15) is 54.6 Å². The lowest BCUT2D eigenvalue weighted by molar-refractivity contribution is -0.289. The molecular formula is C40H47NO16. The molecule has 2 aromatic rings. The summed E-state index contributed by atoms with van der Waals surface area (Å²) in [6.07, 6.45) is -6.47. The number of aliphatic hydroxyl groups excluding tert-OH is 3. The fourth-order valence-electron chi connectivity index (χ4n) is 8.18. The number of nitrogens with one attached hydrogen (secondary N) is 1. The second kappa shape index (κ2) is 16.0. The van der Waals surface area contributed by atoms with E-state index in [1.165, 1.54) is 20.1 Å². The molecule has 2 aliphatic heterocycles. The minimum atomic E-state index is -2.90. The summed E-state index contributed by atoms with van der Waals surface area (Å²) in [4.78, 5) is 68.6. The van der Waals surface area contributed by atoms with Crippen molar-refractivity contribution in [2.75, 3.05) is 20.8 Å². The Morgan fingerprint density at radius 2 is 1.68 bits per heavy atom. The molecule has 10 atom stereocenters. The van der Waals surface area contributed by atoms with Crippen LogP contribution in [0.5, 0.6) is 11.5 Å². The van der Waals surface area contributed by atoms with Crippen molar-refractivity contribution in [3.8, 4) is 11.5 Å². The summed E-state index contributed by atoms with van der Waals surface area (Å²) in [5, 5.41) is 69.8. The number of methoxy groups -OCH3 is 2. The van der Waals surface area contributed by atoms with Crippen LogP contribution in [-0.4, -0.2) is 130 Å². The minimum absolute atomic E-state index is 0.0116. The number of aliphatic hydroxyl groups is 4. The molecular weight excluding hydrogens is 750 g/mol. The molecule has 0 spiro atoms. The largest absolute Gasteiger partial charge is 0.507 e. The summed E-state index contributed by atoms with van der Waals surface area (Å²) >= 11 is 0. The molecule has 2 fully saturated rings. The molecule has 17 nitrogen and oxygen atoms in total. The fourth-order valence-corrected chi connectivity index (χ4v) is 8.18. The summed E-state index contributed by atoms with van der Waals surface area (Å²) in [7, 11) is 2.38. The summed E-state index contributed by atoms with van der Waals surface area (Å²) in [6.45, 7) is 6.24. The van der Waals surface area contributed by atoms with E-state index >= 15 is 0 Å². The first kappa shape index (κ1) is 42.0. The van der Waals surface area contributed by atoms with Gasteiger partial charge in [-0.3, -0.25) is 19.2 Å². The van der Waals surface area contributed by atoms with E-state index in [1.54, 1.807) is 20.8 Å². The van der Waals surface area contributed by atoms with E-state index in [0.717, 1.165) is 19.3 Å². The van der Waals surface area contributed by atoms with Gasteiger partial charge in [0.1, 0.15) is 29.4 Å². The number of carbonyl (C=O) groups is 5. The quantitative estimate of drug-likeness (QED) is 0.167. The molecule has 0 amide bonds. The second-order valence-corrected chi connectivity index (χ2v) is 15.1. The van der Waals surface area contributed by atoms with Crippen molar-refractivity contribution in [3.05, 3.63) is 68.4 Å². The SMILES string of the molecule is COC[C@H](O)Cc1cc(C)c(C(=O)OC)c(O)c1[C@@]1(O)CC(=O)c2c(cc3c(c2O)C(=O)C=C(NC2O[C@@H](C)[C@H](O[C@@H]4CC[C@H](O)[C@H](C)O4)[C@@H](O)[C@H]2C)C3=O)C1=O. The highest BCUT2D eigenvalue weighted by Crippen LogP contribution is 2.48. The summed E-state index contributed by atoms with van der Waals surface area (Å²) in [5.41, 5.74) is -6.38. The summed E-state index contributed by atoms with van der Waals surface area (Å²) in [6, 6.07) is 2.25. The predicted octanol–water partition coefficient (Wildman–Crippen LogP) is 1.26. The standard InChI is InChI=1S/C40H47NO16/c1-15-9-19(10-20(42)14-53-5)31(35(49)28(15)39(51)54-6)40(52)13-26(45)30-22(37(40)50)11-21-29(34(30)48)25(44)12-23(33(21)47)41-38-16(2)32(46)36(18(4)56-38)57-27-8-7-24(43)17(3)55-27/h9,11-12,16-18,20,24,27,32,36,38,41-43,46,48-49,52H,7-8,10,13-14H2,1-6H3/t16-,17+,18+,20-,24+,27-,32+,36+,38?,40+/m1/s1. The van der Waals surface area contributed by atoms with Gasteiger partial charge in [-0.2, -0.15) is 0 Å². The van der Waals surface area contributed by atoms with Crippen LogP contribution in [0.4, 0.5) is 0 Å². The van der Waals surface area contributed by atoms with Crippen LogP contribution in [0, 0.1) is 12.8 Å². The van der Waals surface area contributed by atoms with Crippen molar-refractivity contribution < 1.29 is 78.3 Å². The monoisotopic (exact) mass is 797 g/mol. The van der Waals surface area contributed by atoms with Crippen molar-refractivity contribution in [1.82, 2.24) is 5.32 Å². The second-order valence-electron chi connectivity index (χ2n) is 15.1. The molecule has 2 aromatic carbocycles. The summed E-state index contributed by atoms with van der Waals surface area (Å²) in [5.74, 6) is -7.69. The van der Waals surface area contributed by atoms with Crippen molar-refractivity contribution in [3.63, 3.8) is 0 Å². The van der Waals surface area contributed by atoms with Gasteiger partial charge in [-0.15, -0.1) is 0 Å². The van der Waals surface area contributed by atoms with Gasteiger partial charge < -0.3 is 59.6 Å². The molecule has 0 saturated carbocycles. The molecule has 0 bridgehead atoms. The number of fused-ring (bicyclic) bond motifs is 2. The first-order chi connectivity index (χ1) is 26.8. The third-order valence-corrected chi connectivity index (χ3v) is 11.2. The third kappa shape index (κ3) is 7.38. The zero-order valence-corrected chi connectivity index (χ0v) is 32.2. The number of phenols is 2. The molecule has 0 radical (unpaired) electrons. The number of aryl methyl sites for hydroxylation is 1. The van der Waals surface area contributed by atoms with Gasteiger partial charge in [0.05, 0.1) is 67.5 Å². The van der Waals surface area contributed by atoms with Gasteiger partial charge in [-0.05, 0) is 44.4 Å². The van der Waals surface area contributed by atoms with E-state index in [-0.39, 0.29) is 29.9 Å². The maximum absolute atomic E-state index is 14.4. The Bertz CT molecular complexity index is 2040. The number of allylic oxidation sites excluding steroid dienone is 2. The van der Waals surface area contributed by atoms with Gasteiger partial charge in [-0.1, -0.05) is 13.0 Å². The number of rotatable bonds is 10. The molecule has 7 N–H and O–H groups in total. The van der Waals surface area contributed by atoms with E-state index in [1.807, 2.05) is 0 Å². The first-order valence-electron chi connectivity index (χ1n) is 18.6. The maximum Gasteiger partial charge on any atom is 0.341 e. The molecule has 2 saturated heterocycles. The highest BCUT2D eigenvalue weighted by molar-refractivity contribution is 6.29. The normalized spacial score (nSPS) is 30.7. The molecule has 308 valence electrons. The zero-order chi connectivity index (χ0) is 41.8. The number of carbonyl (C=O) groups excluding carboxylic acids is 5. The Labute approximate surface area is 327 Å². The number of hydrogen-bond donors (Lipinski definition) is 7. The number of aromatic hydroxyl groups is 2. The van der Waals surface area contributed by atoms with Gasteiger partial charge in [-0.25, -0.2) is 4.79 Å². The Hall–Kier alpha value is -4.59. The number of benzene rings is 2. The molecule has 1 unspecified atom stereocenters. The van der Waals surface area contributed by atoms with Crippen LogP contribution in [0.15, 0.2) is 23.9 Å². The molecule has 2 heterocycles. The first-order valence-corrected chi connectivity index (χ1v) is 18.6. The van der Waals surface area contributed by atoms with Crippen LogP contribution in [0.1, 0.15) is 109 Å². The van der Waals surface area contributed by atoms with Crippen molar-refractivity contribution in [1.29, 1.82) is 0 Å². The Balaban J connectivity index is 1.33. The molecule has 0 aromatic heterocycles. The van der Waals surface area contributed by atoms with Crippen LogP contribution in [0.3, 0.4) is 0 Å². The van der Waals surface area contributed by atoms with Gasteiger partial charge >= 0.3 is 5.97 Å². The lowest BCUT2D eigenvalue weighted by Crippen LogP contribution is -2.59. The molecule has 2 aliphatic carbocycles. The number of ether oxygens (including phenoxy) is 5. The van der Waals surface area contributed by atoms with Gasteiger partial charge in [0.25, 0.3) is 0 Å². The van der Waals surface area contributed by atoms with E-state index in [0.29, 0.717) is 12.8 Å². The topological polar surface area (TPSA) is 265 Å². The Kier molecular flexibility index (Phi) is 11.8. The number of esters is 1. The average molecular weight is 798 g/mol. The van der Waals surface area contributed by atoms with E-state index in [2.05, 4.69) is 5.32 Å². The van der Waals surface area contributed by atoms with Crippen molar-refractivity contribution >= 4 is 29.1 Å². The van der Waals surface area contributed by atoms with Gasteiger partial charge in [0.2, 0.25) is 5.78 Å². The Morgan fingerprint density at radius 3 is 2.33 bits per heavy atom. The minimum Gasteiger partial charge on any atom is -0.507 e. The number of Topliss-reactive ketones (excluding diaryl/α,β-unsaturated/α-hetero) is 3. The predicted molar refractivity (Wildman–Crippen MR) is 195 cm³/mol. The highest BCUT2D eigenvalue weighted by Gasteiger charge is 2.52. The summed E-state index contributed by atoms with van der Waals surface area (Å²) < 4.78 is 27.7. The smallest absolute Gasteiger partial charge is 0.341 e. The average Bonchev–Trinajstić information content (AvgIpc) is 3.14. The highest BCUT2D eigenvalue weighted by atomic mass is 16.7. The maximum atomic E-state index is 14.4. The Morgan fingerprint density at radius 1 is 0.982 bits per heavy atom. The van der Waals surface area contributed by atoms with Gasteiger partial charge in [0, 0.05) is 48.6 Å². The van der Waals surface area contributed by atoms with Gasteiger partial charge in [0.15, 0.2) is 29.2 Å². The van der Waals surface area contributed by atoms with Crippen molar-refractivity contribution in [2.24, 2.45) is 5.92 Å². The number of ketones is 4. The van der Waals surface area contributed by atoms with Crippen LogP contribution in [-0.2, 0) is 35.7 Å². The molecule has 6 rings (SSSR count). The van der Waals surface area contributed by atoms with Crippen LogP contribution < -0.4 is 5.32 Å². The third-order valence-electron chi connectivity index (χ3n) is 11.2. The van der Waals surface area contributed by atoms with Crippen molar-refractivity contribution in [2.45, 2.75) is 108 Å².